The molecular formula is C8H12N2O6S3. The maximum atomic E-state index is 11.4. The van der Waals surface area contributed by atoms with Crippen molar-refractivity contribution >= 4 is 37.4 Å². The Kier molecular flexibility index (Phi) is 5.04. The van der Waals surface area contributed by atoms with Crippen LogP contribution in [0.25, 0.3) is 0 Å². The molecule has 1 rings (SSSR count). The van der Waals surface area contributed by atoms with E-state index >= 15 is 0 Å². The van der Waals surface area contributed by atoms with Crippen molar-refractivity contribution < 1.29 is 26.4 Å². The molecule has 8 nitrogen and oxygen atoms in total. The standard InChI is InChI=1S/C8H12N2O6S3/c1-16-7(11)5-18(12,13)10-4-6-2-3-8(17-6)19(9,14)15/h2-3,10H,4-5H2,1H3,(H2,9,14,15). The molecule has 0 aliphatic carbocycles. The Labute approximate surface area is 114 Å². The fourth-order valence-corrected chi connectivity index (χ4v) is 3.77. The van der Waals surface area contributed by atoms with Crippen molar-refractivity contribution in [3.8, 4) is 0 Å². The lowest BCUT2D eigenvalue weighted by Gasteiger charge is -2.03. The quantitative estimate of drug-likeness (QED) is 0.643. The molecule has 1 heterocycles. The zero-order valence-corrected chi connectivity index (χ0v) is 12.3. The van der Waals surface area contributed by atoms with Crippen LogP contribution in [0.15, 0.2) is 16.3 Å². The fraction of sp³-hybridized carbons (Fsp3) is 0.375. The van der Waals surface area contributed by atoms with Crippen LogP contribution in [0.5, 0.6) is 0 Å². The monoisotopic (exact) mass is 328 g/mol. The average molecular weight is 328 g/mol. The molecule has 0 saturated heterocycles. The Balaban J connectivity index is 2.67. The molecule has 0 radical (unpaired) electrons. The molecule has 19 heavy (non-hydrogen) atoms. The number of esters is 1. The predicted octanol–water partition coefficient (Wildman–Crippen LogP) is -1.01. The Morgan fingerprint density at radius 1 is 1.37 bits per heavy atom. The van der Waals surface area contributed by atoms with Crippen LogP contribution in [0.2, 0.25) is 0 Å². The van der Waals surface area contributed by atoms with Crippen molar-refractivity contribution in [3.05, 3.63) is 17.0 Å². The minimum absolute atomic E-state index is 0.0605. The van der Waals surface area contributed by atoms with Gasteiger partial charge >= 0.3 is 5.97 Å². The molecule has 0 aliphatic heterocycles. The number of thiophene rings is 1. The van der Waals surface area contributed by atoms with Crippen LogP contribution in [0, 0.1) is 0 Å². The topological polar surface area (TPSA) is 133 Å². The van der Waals surface area contributed by atoms with Crippen molar-refractivity contribution in [2.24, 2.45) is 5.14 Å². The van der Waals surface area contributed by atoms with Gasteiger partial charge in [0.2, 0.25) is 20.0 Å². The lowest BCUT2D eigenvalue weighted by Crippen LogP contribution is -2.30. The van der Waals surface area contributed by atoms with Gasteiger partial charge in [0.15, 0.2) is 5.75 Å². The van der Waals surface area contributed by atoms with E-state index in [0.29, 0.717) is 4.88 Å². The molecule has 0 spiro atoms. The summed E-state index contributed by atoms with van der Waals surface area (Å²) in [5, 5.41) is 4.92. The van der Waals surface area contributed by atoms with Gasteiger partial charge in [-0.3, -0.25) is 4.79 Å². The van der Waals surface area contributed by atoms with Gasteiger partial charge in [0.05, 0.1) is 7.11 Å². The number of methoxy groups -OCH3 is 1. The van der Waals surface area contributed by atoms with Crippen LogP contribution < -0.4 is 9.86 Å². The molecule has 0 atom stereocenters. The Bertz CT molecular complexity index is 660. The van der Waals surface area contributed by atoms with Gasteiger partial charge in [0, 0.05) is 11.4 Å². The molecule has 11 heteroatoms. The number of primary sulfonamides is 1. The summed E-state index contributed by atoms with van der Waals surface area (Å²) < 4.78 is 51.2. The highest BCUT2D eigenvalue weighted by molar-refractivity contribution is 7.91. The van der Waals surface area contributed by atoms with E-state index in [2.05, 4.69) is 9.46 Å². The normalized spacial score (nSPS) is 12.3. The van der Waals surface area contributed by atoms with Crippen LogP contribution in [-0.4, -0.2) is 35.7 Å². The highest BCUT2D eigenvalue weighted by atomic mass is 32.2. The number of nitrogens with one attached hydrogen (secondary N) is 1. The van der Waals surface area contributed by atoms with Gasteiger partial charge in [-0.1, -0.05) is 0 Å². The third kappa shape index (κ3) is 5.24. The van der Waals surface area contributed by atoms with Gasteiger partial charge in [0.1, 0.15) is 4.21 Å². The second-order valence-corrected chi connectivity index (χ2v) is 8.19. The second kappa shape index (κ2) is 5.96. The van der Waals surface area contributed by atoms with E-state index in [-0.39, 0.29) is 10.8 Å². The van der Waals surface area contributed by atoms with E-state index in [9.17, 15) is 21.6 Å². The zero-order valence-electron chi connectivity index (χ0n) is 9.82. The summed E-state index contributed by atoms with van der Waals surface area (Å²) in [6.45, 7) is -0.125. The van der Waals surface area contributed by atoms with Crippen molar-refractivity contribution in [2.45, 2.75) is 10.8 Å². The SMILES string of the molecule is COC(=O)CS(=O)(=O)NCc1ccc(S(N)(=O)=O)s1. The van der Waals surface area contributed by atoms with Gasteiger partial charge in [-0.15, -0.1) is 11.3 Å². The highest BCUT2D eigenvalue weighted by Crippen LogP contribution is 2.20. The van der Waals surface area contributed by atoms with Gasteiger partial charge in [-0.25, -0.2) is 26.7 Å². The maximum Gasteiger partial charge on any atom is 0.322 e. The first-order chi connectivity index (χ1) is 8.64. The van der Waals surface area contributed by atoms with E-state index in [1.165, 1.54) is 12.1 Å². The third-order valence-electron chi connectivity index (χ3n) is 1.92. The number of rotatable bonds is 6. The Morgan fingerprint density at radius 3 is 2.47 bits per heavy atom. The first-order valence-corrected chi connectivity index (χ1v) is 8.81. The van der Waals surface area contributed by atoms with E-state index in [1.807, 2.05) is 0 Å². The molecule has 0 aromatic carbocycles. The van der Waals surface area contributed by atoms with E-state index < -0.39 is 31.8 Å². The molecule has 0 amide bonds. The highest BCUT2D eigenvalue weighted by Gasteiger charge is 2.17. The second-order valence-electron chi connectivity index (χ2n) is 3.42. The molecule has 108 valence electrons. The summed E-state index contributed by atoms with van der Waals surface area (Å²) in [6, 6.07) is 2.72. The number of carbonyl (C=O) groups excluding carboxylic acids is 1. The maximum absolute atomic E-state index is 11.4. The molecule has 0 unspecified atom stereocenters. The van der Waals surface area contributed by atoms with Crippen LogP contribution in [0.1, 0.15) is 4.88 Å². The van der Waals surface area contributed by atoms with Gasteiger partial charge in [-0.05, 0) is 12.1 Å². The lowest BCUT2D eigenvalue weighted by atomic mass is 10.5. The minimum atomic E-state index is -3.82. The smallest absolute Gasteiger partial charge is 0.322 e. The summed E-state index contributed by atoms with van der Waals surface area (Å²) in [7, 11) is -6.53. The van der Waals surface area contributed by atoms with Crippen LogP contribution in [0.4, 0.5) is 0 Å². The fourth-order valence-electron chi connectivity index (χ4n) is 1.05. The third-order valence-corrected chi connectivity index (χ3v) is 5.64. The molecular weight excluding hydrogens is 316 g/mol. The van der Waals surface area contributed by atoms with Crippen molar-refractivity contribution in [2.75, 3.05) is 12.9 Å². The number of hydrogen-bond acceptors (Lipinski definition) is 7. The zero-order chi connectivity index (χ0) is 14.7. The van der Waals surface area contributed by atoms with Gasteiger partial charge in [-0.2, -0.15) is 0 Å². The van der Waals surface area contributed by atoms with Gasteiger partial charge < -0.3 is 4.74 Å². The number of ether oxygens (including phenoxy) is 1. The summed E-state index contributed by atoms with van der Waals surface area (Å²) in [4.78, 5) is 11.3. The van der Waals surface area contributed by atoms with Crippen LogP contribution in [0.3, 0.4) is 0 Å². The average Bonchev–Trinajstić information content (AvgIpc) is 2.74. The van der Waals surface area contributed by atoms with E-state index in [4.69, 9.17) is 5.14 Å². The van der Waals surface area contributed by atoms with E-state index in [1.54, 1.807) is 0 Å². The van der Waals surface area contributed by atoms with E-state index in [0.717, 1.165) is 18.4 Å². The first kappa shape index (κ1) is 16.0. The Morgan fingerprint density at radius 2 is 2.00 bits per heavy atom. The summed E-state index contributed by atoms with van der Waals surface area (Å²) in [5.74, 6) is -1.68. The van der Waals surface area contributed by atoms with Crippen LogP contribution >= 0.6 is 11.3 Å². The largest absolute Gasteiger partial charge is 0.468 e. The van der Waals surface area contributed by atoms with Gasteiger partial charge in [0.25, 0.3) is 0 Å². The summed E-state index contributed by atoms with van der Waals surface area (Å²) in [6.07, 6.45) is 0. The lowest BCUT2D eigenvalue weighted by molar-refractivity contribution is -0.137. The van der Waals surface area contributed by atoms with Crippen LogP contribution in [-0.2, 0) is 36.1 Å². The number of sulfonamides is 2. The molecule has 3 N–H and O–H groups in total. The minimum Gasteiger partial charge on any atom is -0.468 e. The molecule has 0 saturated carbocycles. The molecule has 0 aliphatic rings. The first-order valence-electron chi connectivity index (χ1n) is 4.80. The molecule has 0 fully saturated rings. The molecule has 1 aromatic rings. The predicted molar refractivity (Wildman–Crippen MR) is 68.3 cm³/mol. The Hall–Kier alpha value is -1.01. The molecule has 1 aromatic heterocycles. The summed E-state index contributed by atoms with van der Waals surface area (Å²) >= 11 is 0.849. The molecule has 0 bridgehead atoms. The number of carbonyl (C=O) groups is 1. The van der Waals surface area contributed by atoms with Crippen molar-refractivity contribution in [1.29, 1.82) is 0 Å². The van der Waals surface area contributed by atoms with Crippen molar-refractivity contribution in [1.82, 2.24) is 4.72 Å². The summed E-state index contributed by atoms with van der Waals surface area (Å²) in [5.41, 5.74) is 0. The number of hydrogen-bond donors (Lipinski definition) is 2. The van der Waals surface area contributed by atoms with Crippen molar-refractivity contribution in [3.63, 3.8) is 0 Å². The number of nitrogens with two attached hydrogens (primary N) is 1.